The minimum Gasteiger partial charge on any atom is -0.346 e. The Kier molecular flexibility index (Phi) is 5.85. The highest BCUT2D eigenvalue weighted by atomic mass is 19.4. The van der Waals surface area contributed by atoms with E-state index in [4.69, 9.17) is 0 Å². The molecule has 1 amide bonds. The van der Waals surface area contributed by atoms with E-state index in [1.807, 2.05) is 25.3 Å². The number of anilines is 3. The predicted molar refractivity (Wildman–Crippen MR) is 131 cm³/mol. The zero-order valence-corrected chi connectivity index (χ0v) is 18.9. The molecule has 5 aromatic rings. The lowest BCUT2D eigenvalue weighted by molar-refractivity contribution is -0.137. The lowest BCUT2D eigenvalue weighted by Crippen LogP contribution is -2.14. The quantitative estimate of drug-likeness (QED) is 0.268. The van der Waals surface area contributed by atoms with Crippen molar-refractivity contribution in [2.45, 2.75) is 13.1 Å². The summed E-state index contributed by atoms with van der Waals surface area (Å²) in [7, 11) is 0. The molecule has 3 N–H and O–H groups in total. The van der Waals surface area contributed by atoms with Gasteiger partial charge in [-0.05, 0) is 61.0 Å². The SMILES string of the molecule is Cc1ccc(NC(=O)c2cccc(C(F)(F)F)c2)cc1Nc1nccc(-c2cnc3[nH]ccc3c2)n1. The summed E-state index contributed by atoms with van der Waals surface area (Å²) in [4.78, 5) is 28.9. The number of H-pyrrole nitrogens is 1. The van der Waals surface area contributed by atoms with Crippen LogP contribution in [0.1, 0.15) is 21.5 Å². The number of aromatic nitrogens is 4. The maximum atomic E-state index is 13.0. The Labute approximate surface area is 203 Å². The molecular weight excluding hydrogens is 469 g/mol. The van der Waals surface area contributed by atoms with Gasteiger partial charge in [0.15, 0.2) is 0 Å². The number of hydrogen-bond donors (Lipinski definition) is 3. The van der Waals surface area contributed by atoms with Crippen molar-refractivity contribution in [2.75, 3.05) is 10.6 Å². The van der Waals surface area contributed by atoms with E-state index in [-0.39, 0.29) is 5.56 Å². The minimum absolute atomic E-state index is 0.0936. The molecule has 0 aliphatic carbocycles. The molecule has 3 heterocycles. The van der Waals surface area contributed by atoms with Gasteiger partial charge in [-0.25, -0.2) is 15.0 Å². The van der Waals surface area contributed by atoms with E-state index < -0.39 is 17.6 Å². The fourth-order valence-corrected chi connectivity index (χ4v) is 3.65. The van der Waals surface area contributed by atoms with Gasteiger partial charge in [-0.1, -0.05) is 12.1 Å². The first kappa shape index (κ1) is 23.0. The summed E-state index contributed by atoms with van der Waals surface area (Å²) in [5.74, 6) is -0.312. The second-order valence-electron chi connectivity index (χ2n) is 8.09. The first-order valence-electron chi connectivity index (χ1n) is 10.9. The van der Waals surface area contributed by atoms with Crippen molar-refractivity contribution >= 4 is 34.3 Å². The van der Waals surface area contributed by atoms with Crippen LogP contribution in [0, 0.1) is 6.92 Å². The van der Waals surface area contributed by atoms with E-state index in [1.165, 1.54) is 12.1 Å². The number of pyridine rings is 1. The number of benzene rings is 2. The van der Waals surface area contributed by atoms with E-state index in [9.17, 15) is 18.0 Å². The summed E-state index contributed by atoms with van der Waals surface area (Å²) < 4.78 is 39.0. The van der Waals surface area contributed by atoms with Crippen molar-refractivity contribution in [3.63, 3.8) is 0 Å². The largest absolute Gasteiger partial charge is 0.416 e. The van der Waals surface area contributed by atoms with Gasteiger partial charge < -0.3 is 15.6 Å². The summed E-state index contributed by atoms with van der Waals surface area (Å²) in [5, 5.41) is 6.75. The summed E-state index contributed by atoms with van der Waals surface area (Å²) in [6.07, 6.45) is 0.631. The van der Waals surface area contributed by atoms with Gasteiger partial charge in [0.1, 0.15) is 5.65 Å². The van der Waals surface area contributed by atoms with Gasteiger partial charge in [0.25, 0.3) is 5.91 Å². The number of fused-ring (bicyclic) bond motifs is 1. The molecule has 0 saturated heterocycles. The fourth-order valence-electron chi connectivity index (χ4n) is 3.65. The topological polar surface area (TPSA) is 95.6 Å². The van der Waals surface area contributed by atoms with Gasteiger partial charge in [0.05, 0.1) is 11.3 Å². The lowest BCUT2D eigenvalue weighted by atomic mass is 10.1. The maximum Gasteiger partial charge on any atom is 0.416 e. The molecule has 0 saturated carbocycles. The smallest absolute Gasteiger partial charge is 0.346 e. The Hall–Kier alpha value is -4.73. The number of rotatable bonds is 5. The van der Waals surface area contributed by atoms with Gasteiger partial charge >= 0.3 is 6.18 Å². The van der Waals surface area contributed by atoms with Crippen LogP contribution in [-0.2, 0) is 6.18 Å². The Morgan fingerprint density at radius 2 is 1.86 bits per heavy atom. The number of halogens is 3. The molecule has 3 aromatic heterocycles. The van der Waals surface area contributed by atoms with Gasteiger partial charge in [-0.3, -0.25) is 4.79 Å². The normalized spacial score (nSPS) is 11.4. The highest BCUT2D eigenvalue weighted by Gasteiger charge is 2.30. The third-order valence-corrected chi connectivity index (χ3v) is 5.55. The Morgan fingerprint density at radius 3 is 2.69 bits per heavy atom. The number of carbonyl (C=O) groups is 1. The molecule has 180 valence electrons. The van der Waals surface area contributed by atoms with Crippen LogP contribution in [0.25, 0.3) is 22.3 Å². The Morgan fingerprint density at radius 1 is 1.00 bits per heavy atom. The number of alkyl halides is 3. The van der Waals surface area contributed by atoms with E-state index >= 15 is 0 Å². The molecule has 0 bridgehead atoms. The molecule has 0 unspecified atom stereocenters. The first-order chi connectivity index (χ1) is 17.3. The van der Waals surface area contributed by atoms with E-state index in [1.54, 1.807) is 36.7 Å². The number of hydrogen-bond acceptors (Lipinski definition) is 5. The number of nitrogens with one attached hydrogen (secondary N) is 3. The molecule has 0 aliphatic heterocycles. The molecule has 0 spiro atoms. The number of aryl methyl sites for hydroxylation is 1. The van der Waals surface area contributed by atoms with Gasteiger partial charge in [0, 0.05) is 46.5 Å². The molecular formula is C26H19F3N6O. The van der Waals surface area contributed by atoms with Crippen LogP contribution in [0.5, 0.6) is 0 Å². The molecule has 7 nitrogen and oxygen atoms in total. The zero-order valence-electron chi connectivity index (χ0n) is 18.9. The standard InChI is InChI=1S/C26H19F3N6O/c1-15-5-6-20(33-24(36)17-3-2-4-19(12-17)26(27,28)29)13-22(15)35-25-31-10-8-21(34-25)18-11-16-7-9-30-23(16)32-14-18/h2-14H,1H3,(H,30,32)(H,33,36)(H,31,34,35). The molecule has 10 heteroatoms. The molecule has 36 heavy (non-hydrogen) atoms. The number of carbonyl (C=O) groups excluding carboxylic acids is 1. The third-order valence-electron chi connectivity index (χ3n) is 5.55. The van der Waals surface area contributed by atoms with Crippen molar-refractivity contribution in [3.05, 3.63) is 95.9 Å². The van der Waals surface area contributed by atoms with Crippen LogP contribution in [-0.4, -0.2) is 25.8 Å². The van der Waals surface area contributed by atoms with Crippen molar-refractivity contribution < 1.29 is 18.0 Å². The van der Waals surface area contributed by atoms with Gasteiger partial charge in [-0.15, -0.1) is 0 Å². The summed E-state index contributed by atoms with van der Waals surface area (Å²) in [5.41, 5.74) is 3.20. The van der Waals surface area contributed by atoms with E-state index in [0.29, 0.717) is 23.0 Å². The second-order valence-corrected chi connectivity index (χ2v) is 8.09. The Balaban J connectivity index is 1.36. The summed E-state index contributed by atoms with van der Waals surface area (Å²) in [6, 6.07) is 15.1. The molecule has 0 radical (unpaired) electrons. The molecule has 0 atom stereocenters. The van der Waals surface area contributed by atoms with Crippen LogP contribution >= 0.6 is 0 Å². The molecule has 0 fully saturated rings. The van der Waals surface area contributed by atoms with Crippen molar-refractivity contribution in [2.24, 2.45) is 0 Å². The molecule has 5 rings (SSSR count). The summed E-state index contributed by atoms with van der Waals surface area (Å²) >= 11 is 0. The highest BCUT2D eigenvalue weighted by Crippen LogP contribution is 2.30. The van der Waals surface area contributed by atoms with Crippen LogP contribution in [0.15, 0.2) is 79.3 Å². The molecule has 0 aliphatic rings. The fraction of sp³-hybridized carbons (Fsp3) is 0.0769. The van der Waals surface area contributed by atoms with Crippen LogP contribution in [0.4, 0.5) is 30.5 Å². The monoisotopic (exact) mass is 488 g/mol. The van der Waals surface area contributed by atoms with E-state index in [0.717, 1.165) is 34.3 Å². The van der Waals surface area contributed by atoms with Gasteiger partial charge in [0.2, 0.25) is 5.95 Å². The first-order valence-corrected chi connectivity index (χ1v) is 10.9. The van der Waals surface area contributed by atoms with E-state index in [2.05, 4.69) is 30.6 Å². The lowest BCUT2D eigenvalue weighted by Gasteiger charge is -2.13. The Bertz CT molecular complexity index is 1580. The average molecular weight is 488 g/mol. The summed E-state index contributed by atoms with van der Waals surface area (Å²) in [6.45, 7) is 1.87. The third kappa shape index (κ3) is 4.88. The number of aromatic amines is 1. The van der Waals surface area contributed by atoms with Crippen molar-refractivity contribution in [1.82, 2.24) is 19.9 Å². The average Bonchev–Trinajstić information content (AvgIpc) is 3.34. The molecule has 2 aromatic carbocycles. The van der Waals surface area contributed by atoms with Crippen molar-refractivity contribution in [3.8, 4) is 11.3 Å². The number of nitrogens with zero attached hydrogens (tertiary/aromatic N) is 3. The predicted octanol–water partition coefficient (Wildman–Crippen LogP) is 6.34. The maximum absolute atomic E-state index is 13.0. The zero-order chi connectivity index (χ0) is 25.3. The number of amides is 1. The highest BCUT2D eigenvalue weighted by molar-refractivity contribution is 6.04. The second kappa shape index (κ2) is 9.14. The minimum atomic E-state index is -4.53. The van der Waals surface area contributed by atoms with Crippen molar-refractivity contribution in [1.29, 1.82) is 0 Å². The van der Waals surface area contributed by atoms with Crippen LogP contribution in [0.3, 0.4) is 0 Å². The van der Waals surface area contributed by atoms with Crippen LogP contribution in [0.2, 0.25) is 0 Å². The van der Waals surface area contributed by atoms with Gasteiger partial charge in [-0.2, -0.15) is 13.2 Å². The van der Waals surface area contributed by atoms with Crippen LogP contribution < -0.4 is 10.6 Å².